The molecule has 3 rings (SSSR count). The van der Waals surface area contributed by atoms with E-state index in [9.17, 15) is 0 Å². The van der Waals surface area contributed by atoms with Crippen LogP contribution in [0.4, 0.5) is 11.4 Å². The van der Waals surface area contributed by atoms with Crippen molar-refractivity contribution < 1.29 is 4.74 Å². The number of hydrogen-bond donors (Lipinski definition) is 2. The summed E-state index contributed by atoms with van der Waals surface area (Å²) >= 11 is 0. The highest BCUT2D eigenvalue weighted by Crippen LogP contribution is 2.28. The molecule has 4 heteroatoms. The fourth-order valence-electron chi connectivity index (χ4n) is 2.06. The molecule has 0 bridgehead atoms. The van der Waals surface area contributed by atoms with Crippen molar-refractivity contribution in [1.29, 1.82) is 0 Å². The van der Waals surface area contributed by atoms with Crippen molar-refractivity contribution in [3.8, 4) is 0 Å². The summed E-state index contributed by atoms with van der Waals surface area (Å²) in [5, 5.41) is 6.89. The highest BCUT2D eigenvalue weighted by atomic mass is 16.5. The maximum absolute atomic E-state index is 5.44. The minimum atomic E-state index is 0.438. The quantitative estimate of drug-likeness (QED) is 0.640. The summed E-state index contributed by atoms with van der Waals surface area (Å²) in [6.45, 7) is 2.64. The first kappa shape index (κ1) is 8.05. The molecule has 0 aliphatic carbocycles. The van der Waals surface area contributed by atoms with Crippen molar-refractivity contribution in [3.05, 3.63) is 18.5 Å². The van der Waals surface area contributed by atoms with E-state index in [1.165, 1.54) is 0 Å². The molecule has 2 unspecified atom stereocenters. The van der Waals surface area contributed by atoms with Gasteiger partial charge in [-0.1, -0.05) is 0 Å². The van der Waals surface area contributed by atoms with Gasteiger partial charge in [-0.3, -0.25) is 4.98 Å². The van der Waals surface area contributed by atoms with Gasteiger partial charge in [0.05, 0.1) is 36.8 Å². The van der Waals surface area contributed by atoms with Crippen molar-refractivity contribution in [2.45, 2.75) is 6.04 Å². The Morgan fingerprint density at radius 2 is 2.36 bits per heavy atom. The van der Waals surface area contributed by atoms with Gasteiger partial charge < -0.3 is 15.4 Å². The lowest BCUT2D eigenvalue weighted by molar-refractivity contribution is 0.186. The van der Waals surface area contributed by atoms with Crippen LogP contribution in [0, 0.1) is 5.92 Å². The number of aromatic nitrogens is 1. The standard InChI is InChI=1S/C10H13N3O/c1-2-11-4-9-8(1)12-3-7-5-14-6-10(7)13-9/h1-2,4,7,10,12-13H,3,5-6H2. The molecule has 2 aliphatic rings. The fourth-order valence-corrected chi connectivity index (χ4v) is 2.06. The number of rotatable bonds is 0. The Labute approximate surface area is 82.7 Å². The Hall–Kier alpha value is -1.29. The van der Waals surface area contributed by atoms with Gasteiger partial charge >= 0.3 is 0 Å². The Morgan fingerprint density at radius 1 is 1.36 bits per heavy atom. The minimum absolute atomic E-state index is 0.438. The molecule has 74 valence electrons. The van der Waals surface area contributed by atoms with Gasteiger partial charge in [0.1, 0.15) is 0 Å². The van der Waals surface area contributed by atoms with E-state index >= 15 is 0 Å². The zero-order valence-electron chi connectivity index (χ0n) is 7.86. The number of hydrogen-bond acceptors (Lipinski definition) is 4. The SMILES string of the molecule is c1cc2c(cn1)NC1COCC1CN2. The van der Waals surface area contributed by atoms with E-state index in [0.29, 0.717) is 12.0 Å². The van der Waals surface area contributed by atoms with Crippen LogP contribution in [0.3, 0.4) is 0 Å². The van der Waals surface area contributed by atoms with Crippen LogP contribution in [-0.4, -0.2) is 30.8 Å². The van der Waals surface area contributed by atoms with E-state index in [-0.39, 0.29) is 0 Å². The van der Waals surface area contributed by atoms with E-state index < -0.39 is 0 Å². The normalized spacial score (nSPS) is 29.4. The smallest absolute Gasteiger partial charge is 0.0765 e. The molecule has 2 atom stereocenters. The maximum Gasteiger partial charge on any atom is 0.0765 e. The Morgan fingerprint density at radius 3 is 3.36 bits per heavy atom. The summed E-state index contributed by atoms with van der Waals surface area (Å²) in [5.41, 5.74) is 2.24. The van der Waals surface area contributed by atoms with Gasteiger partial charge in [0.2, 0.25) is 0 Å². The predicted octanol–water partition coefficient (Wildman–Crippen LogP) is 0.934. The van der Waals surface area contributed by atoms with Gasteiger partial charge in [0.15, 0.2) is 0 Å². The van der Waals surface area contributed by atoms with Crippen LogP contribution in [-0.2, 0) is 4.74 Å². The molecule has 14 heavy (non-hydrogen) atoms. The van der Waals surface area contributed by atoms with Gasteiger partial charge in [-0.15, -0.1) is 0 Å². The van der Waals surface area contributed by atoms with Crippen LogP contribution < -0.4 is 10.6 Å². The largest absolute Gasteiger partial charge is 0.383 e. The second-order valence-corrected chi connectivity index (χ2v) is 3.85. The van der Waals surface area contributed by atoms with Crippen molar-refractivity contribution in [3.63, 3.8) is 0 Å². The number of anilines is 2. The van der Waals surface area contributed by atoms with Crippen LogP contribution in [0.25, 0.3) is 0 Å². The number of nitrogens with one attached hydrogen (secondary N) is 2. The summed E-state index contributed by atoms with van der Waals surface area (Å²) < 4.78 is 5.44. The monoisotopic (exact) mass is 191 g/mol. The van der Waals surface area contributed by atoms with Crippen LogP contribution in [0.2, 0.25) is 0 Å². The summed E-state index contributed by atoms with van der Waals surface area (Å²) in [5.74, 6) is 0.572. The highest BCUT2D eigenvalue weighted by Gasteiger charge is 2.30. The zero-order valence-corrected chi connectivity index (χ0v) is 7.86. The molecule has 0 radical (unpaired) electrons. The second-order valence-electron chi connectivity index (χ2n) is 3.85. The Bertz CT molecular complexity index is 342. The summed E-state index contributed by atoms with van der Waals surface area (Å²) in [6.07, 6.45) is 3.67. The third kappa shape index (κ3) is 1.23. The molecule has 1 aromatic rings. The van der Waals surface area contributed by atoms with E-state index in [4.69, 9.17) is 4.74 Å². The van der Waals surface area contributed by atoms with E-state index in [1.807, 2.05) is 18.5 Å². The van der Waals surface area contributed by atoms with Gasteiger partial charge in [-0.25, -0.2) is 0 Å². The van der Waals surface area contributed by atoms with Crippen molar-refractivity contribution in [2.75, 3.05) is 30.4 Å². The number of ether oxygens (including phenoxy) is 1. The Kier molecular flexibility index (Phi) is 1.80. The van der Waals surface area contributed by atoms with Crippen LogP contribution in [0.5, 0.6) is 0 Å². The summed E-state index contributed by atoms with van der Waals surface area (Å²) in [4.78, 5) is 4.11. The highest BCUT2D eigenvalue weighted by molar-refractivity contribution is 5.68. The molecule has 1 saturated heterocycles. The minimum Gasteiger partial charge on any atom is -0.383 e. The molecule has 3 heterocycles. The van der Waals surface area contributed by atoms with E-state index in [0.717, 1.165) is 31.1 Å². The average molecular weight is 191 g/mol. The first-order chi connectivity index (χ1) is 6.93. The van der Waals surface area contributed by atoms with Crippen molar-refractivity contribution in [2.24, 2.45) is 5.92 Å². The molecule has 1 aromatic heterocycles. The summed E-state index contributed by atoms with van der Waals surface area (Å²) in [6, 6.07) is 2.44. The molecule has 0 aromatic carbocycles. The number of fused-ring (bicyclic) bond motifs is 2. The summed E-state index contributed by atoms with van der Waals surface area (Å²) in [7, 11) is 0. The van der Waals surface area contributed by atoms with E-state index in [2.05, 4.69) is 15.6 Å². The average Bonchev–Trinajstić information content (AvgIpc) is 2.58. The van der Waals surface area contributed by atoms with Gasteiger partial charge in [-0.2, -0.15) is 0 Å². The molecule has 1 fully saturated rings. The molecule has 0 spiro atoms. The lowest BCUT2D eigenvalue weighted by Gasteiger charge is -2.14. The van der Waals surface area contributed by atoms with Gasteiger partial charge in [0, 0.05) is 18.7 Å². The molecule has 4 nitrogen and oxygen atoms in total. The zero-order chi connectivity index (χ0) is 9.38. The van der Waals surface area contributed by atoms with Crippen molar-refractivity contribution >= 4 is 11.4 Å². The molecule has 2 aliphatic heterocycles. The van der Waals surface area contributed by atoms with Crippen molar-refractivity contribution in [1.82, 2.24) is 4.98 Å². The topological polar surface area (TPSA) is 46.2 Å². The fraction of sp³-hybridized carbons (Fsp3) is 0.500. The maximum atomic E-state index is 5.44. The third-order valence-electron chi connectivity index (χ3n) is 2.92. The molecule has 0 saturated carbocycles. The first-order valence-electron chi connectivity index (χ1n) is 4.95. The lowest BCUT2D eigenvalue weighted by atomic mass is 10.0. The molecular weight excluding hydrogens is 178 g/mol. The second kappa shape index (κ2) is 3.13. The number of pyridine rings is 1. The lowest BCUT2D eigenvalue weighted by Crippen LogP contribution is -2.29. The third-order valence-corrected chi connectivity index (χ3v) is 2.92. The molecular formula is C10H13N3O. The molecule has 0 amide bonds. The number of nitrogens with zero attached hydrogens (tertiary/aromatic N) is 1. The van der Waals surface area contributed by atoms with Gasteiger partial charge in [0.25, 0.3) is 0 Å². The van der Waals surface area contributed by atoms with Crippen LogP contribution >= 0.6 is 0 Å². The van der Waals surface area contributed by atoms with Crippen LogP contribution in [0.1, 0.15) is 0 Å². The van der Waals surface area contributed by atoms with E-state index in [1.54, 1.807) is 0 Å². The van der Waals surface area contributed by atoms with Crippen LogP contribution in [0.15, 0.2) is 18.5 Å². The predicted molar refractivity (Wildman–Crippen MR) is 54.4 cm³/mol. The Balaban J connectivity index is 1.93. The molecule has 2 N–H and O–H groups in total. The first-order valence-corrected chi connectivity index (χ1v) is 4.95. The van der Waals surface area contributed by atoms with Gasteiger partial charge in [-0.05, 0) is 6.07 Å².